The van der Waals surface area contributed by atoms with E-state index >= 15 is 0 Å². The van der Waals surface area contributed by atoms with E-state index in [4.69, 9.17) is 9.63 Å². The number of aromatic nitrogens is 2. The number of fused-ring (bicyclic) bond motifs is 1. The molecular formula is C8H6N2O4. The van der Waals surface area contributed by atoms with Crippen LogP contribution in [0.4, 0.5) is 0 Å². The second kappa shape index (κ2) is 2.69. The largest absolute Gasteiger partial charge is 0.477 e. The molecule has 0 spiro atoms. The number of rotatable bonds is 1. The average molecular weight is 194 g/mol. The van der Waals surface area contributed by atoms with E-state index in [1.807, 2.05) is 0 Å². The highest BCUT2D eigenvalue weighted by Crippen LogP contribution is 2.03. The summed E-state index contributed by atoms with van der Waals surface area (Å²) in [6.45, 7) is 1.65. The van der Waals surface area contributed by atoms with E-state index in [2.05, 4.69) is 4.98 Å². The summed E-state index contributed by atoms with van der Waals surface area (Å²) in [5, 5.41) is 8.64. The van der Waals surface area contributed by atoms with E-state index in [-0.39, 0.29) is 0 Å². The second-order valence-electron chi connectivity index (χ2n) is 2.78. The highest BCUT2D eigenvalue weighted by molar-refractivity contribution is 5.86. The minimum atomic E-state index is -1.31. The predicted molar refractivity (Wildman–Crippen MR) is 45.4 cm³/mol. The van der Waals surface area contributed by atoms with Gasteiger partial charge in [0, 0.05) is 12.3 Å². The normalized spacial score (nSPS) is 10.6. The molecule has 0 amide bonds. The maximum Gasteiger partial charge on any atom is 0.343 e. The van der Waals surface area contributed by atoms with Gasteiger partial charge in [-0.2, -0.15) is 0 Å². The predicted octanol–water partition coefficient (Wildman–Crippen LogP) is 0.294. The maximum absolute atomic E-state index is 11.4. The Morgan fingerprint density at radius 1 is 1.64 bits per heavy atom. The zero-order chi connectivity index (χ0) is 10.3. The lowest BCUT2D eigenvalue weighted by Gasteiger charge is -1.92. The van der Waals surface area contributed by atoms with Crippen molar-refractivity contribution >= 4 is 11.6 Å². The van der Waals surface area contributed by atoms with Crippen LogP contribution in [0.15, 0.2) is 21.6 Å². The first-order valence-electron chi connectivity index (χ1n) is 3.81. The molecule has 0 saturated heterocycles. The smallest absolute Gasteiger partial charge is 0.343 e. The fraction of sp³-hybridized carbons (Fsp3) is 0.125. The van der Waals surface area contributed by atoms with E-state index in [0.29, 0.717) is 11.4 Å². The Balaban J connectivity index is 2.88. The van der Waals surface area contributed by atoms with Gasteiger partial charge in [0.15, 0.2) is 5.65 Å². The number of nitrogens with zero attached hydrogens (tertiary/aromatic N) is 2. The molecule has 14 heavy (non-hydrogen) atoms. The molecule has 0 fully saturated rings. The molecule has 0 aliphatic heterocycles. The lowest BCUT2D eigenvalue weighted by atomic mass is 10.3. The standard InChI is InChI=1S/C8H6N2O4/c1-4-2-6-9-3-5(8(12)13)7(11)10(6)14-4/h2-3H,1H3,(H,12,13). The molecule has 6 nitrogen and oxygen atoms in total. The lowest BCUT2D eigenvalue weighted by Crippen LogP contribution is -2.21. The van der Waals surface area contributed by atoms with Crippen LogP contribution in [0.1, 0.15) is 16.1 Å². The van der Waals surface area contributed by atoms with Gasteiger partial charge >= 0.3 is 11.5 Å². The minimum Gasteiger partial charge on any atom is -0.477 e. The Labute approximate surface area is 77.4 Å². The van der Waals surface area contributed by atoms with Crippen LogP contribution in [0.2, 0.25) is 0 Å². The van der Waals surface area contributed by atoms with Crippen molar-refractivity contribution in [3.63, 3.8) is 0 Å². The van der Waals surface area contributed by atoms with E-state index in [0.717, 1.165) is 10.8 Å². The summed E-state index contributed by atoms with van der Waals surface area (Å²) < 4.78 is 5.83. The summed E-state index contributed by atoms with van der Waals surface area (Å²) >= 11 is 0. The third-order valence-electron chi connectivity index (χ3n) is 1.75. The average Bonchev–Trinajstić information content (AvgIpc) is 2.46. The van der Waals surface area contributed by atoms with Crippen molar-refractivity contribution in [3.05, 3.63) is 33.9 Å². The van der Waals surface area contributed by atoms with Crippen LogP contribution in [0.25, 0.3) is 5.65 Å². The Kier molecular flexibility index (Phi) is 1.63. The molecule has 0 aromatic carbocycles. The second-order valence-corrected chi connectivity index (χ2v) is 2.78. The fourth-order valence-electron chi connectivity index (χ4n) is 1.13. The molecule has 6 heteroatoms. The minimum absolute atomic E-state index is 0.303. The summed E-state index contributed by atoms with van der Waals surface area (Å²) in [6.07, 6.45) is 1.02. The maximum atomic E-state index is 11.4. The van der Waals surface area contributed by atoms with Crippen LogP contribution >= 0.6 is 0 Å². The topological polar surface area (TPSA) is 84.8 Å². The molecule has 2 aromatic rings. The molecule has 2 rings (SSSR count). The van der Waals surface area contributed by atoms with Gasteiger partial charge in [0.2, 0.25) is 0 Å². The Morgan fingerprint density at radius 3 is 3.00 bits per heavy atom. The summed E-state index contributed by atoms with van der Waals surface area (Å²) in [5.74, 6) is -0.817. The van der Waals surface area contributed by atoms with Crippen LogP contribution in [0, 0.1) is 6.92 Å². The monoisotopic (exact) mass is 194 g/mol. The summed E-state index contributed by atoms with van der Waals surface area (Å²) in [7, 11) is 0. The van der Waals surface area contributed by atoms with Gasteiger partial charge in [-0.3, -0.25) is 4.79 Å². The van der Waals surface area contributed by atoms with E-state index in [1.165, 1.54) is 0 Å². The van der Waals surface area contributed by atoms with Crippen LogP contribution < -0.4 is 5.56 Å². The number of aromatic carboxylic acids is 1. The Bertz CT molecular complexity index is 566. The van der Waals surface area contributed by atoms with Gasteiger partial charge in [0.25, 0.3) is 0 Å². The van der Waals surface area contributed by atoms with Crippen molar-refractivity contribution in [1.82, 2.24) is 9.56 Å². The Hall–Kier alpha value is -2.11. The first-order valence-corrected chi connectivity index (χ1v) is 3.81. The molecule has 0 bridgehead atoms. The third kappa shape index (κ3) is 1.08. The number of carbonyl (C=O) groups is 1. The molecule has 1 N–H and O–H groups in total. The number of aryl methyl sites for hydroxylation is 1. The van der Waals surface area contributed by atoms with Crippen molar-refractivity contribution < 1.29 is 14.4 Å². The molecule has 0 radical (unpaired) electrons. The first-order chi connectivity index (χ1) is 6.59. The number of hydrogen-bond donors (Lipinski definition) is 1. The van der Waals surface area contributed by atoms with Gasteiger partial charge in [0.05, 0.1) is 0 Å². The van der Waals surface area contributed by atoms with Gasteiger partial charge < -0.3 is 9.63 Å². The molecule has 72 valence electrons. The van der Waals surface area contributed by atoms with Gasteiger partial charge in [0.1, 0.15) is 11.3 Å². The van der Waals surface area contributed by atoms with Gasteiger partial charge in [-0.05, 0) is 6.92 Å². The summed E-state index contributed by atoms with van der Waals surface area (Å²) in [4.78, 5) is 25.8. The zero-order valence-corrected chi connectivity index (χ0v) is 7.22. The van der Waals surface area contributed by atoms with Crippen molar-refractivity contribution in [2.24, 2.45) is 0 Å². The van der Waals surface area contributed by atoms with Crippen molar-refractivity contribution in [2.75, 3.05) is 0 Å². The van der Waals surface area contributed by atoms with E-state index in [1.54, 1.807) is 13.0 Å². The van der Waals surface area contributed by atoms with Crippen LogP contribution in [0.5, 0.6) is 0 Å². The third-order valence-corrected chi connectivity index (χ3v) is 1.75. The quantitative estimate of drug-likeness (QED) is 0.705. The van der Waals surface area contributed by atoms with E-state index < -0.39 is 17.1 Å². The van der Waals surface area contributed by atoms with Gasteiger partial charge in [-0.25, -0.2) is 9.78 Å². The molecule has 0 aliphatic carbocycles. The molecule has 0 saturated carbocycles. The molecule has 0 unspecified atom stereocenters. The highest BCUT2D eigenvalue weighted by atomic mass is 16.5. The summed E-state index contributed by atoms with van der Waals surface area (Å²) in [6, 6.07) is 1.55. The fourth-order valence-corrected chi connectivity index (χ4v) is 1.13. The molecule has 0 atom stereocenters. The highest BCUT2D eigenvalue weighted by Gasteiger charge is 2.13. The Morgan fingerprint density at radius 2 is 2.36 bits per heavy atom. The zero-order valence-electron chi connectivity index (χ0n) is 7.22. The first kappa shape index (κ1) is 8.49. The van der Waals surface area contributed by atoms with Gasteiger partial charge in [-0.15, -0.1) is 4.57 Å². The molecule has 2 heterocycles. The van der Waals surface area contributed by atoms with Crippen molar-refractivity contribution in [2.45, 2.75) is 6.92 Å². The van der Waals surface area contributed by atoms with Crippen molar-refractivity contribution in [3.8, 4) is 0 Å². The number of hydrogen-bond acceptors (Lipinski definition) is 4. The van der Waals surface area contributed by atoms with Crippen molar-refractivity contribution in [1.29, 1.82) is 0 Å². The van der Waals surface area contributed by atoms with Crippen LogP contribution in [-0.4, -0.2) is 20.6 Å². The van der Waals surface area contributed by atoms with E-state index in [9.17, 15) is 9.59 Å². The summed E-state index contributed by atoms with van der Waals surface area (Å²) in [5.41, 5.74) is -0.815. The van der Waals surface area contributed by atoms with Gasteiger partial charge in [-0.1, -0.05) is 0 Å². The number of carboxylic acids is 1. The molecule has 2 aromatic heterocycles. The van der Waals surface area contributed by atoms with Crippen LogP contribution in [0.3, 0.4) is 0 Å². The molecular weight excluding hydrogens is 188 g/mol. The number of carboxylic acid groups (broad SMARTS) is 1. The lowest BCUT2D eigenvalue weighted by molar-refractivity contribution is 0.0693. The molecule has 0 aliphatic rings. The SMILES string of the molecule is Cc1cc2ncc(C(=O)O)c(=O)n2o1. The van der Waals surface area contributed by atoms with Crippen LogP contribution in [-0.2, 0) is 0 Å².